The van der Waals surface area contributed by atoms with E-state index in [4.69, 9.17) is 4.74 Å². The van der Waals surface area contributed by atoms with E-state index in [0.717, 1.165) is 16.3 Å². The molecule has 0 radical (unpaired) electrons. The Kier molecular flexibility index (Phi) is 2.99. The molecule has 5 nitrogen and oxygen atoms in total. The molecule has 17 heavy (non-hydrogen) atoms. The minimum atomic E-state index is -0.286. The number of anilines is 1. The molecule has 0 atom stereocenters. The predicted octanol–water partition coefficient (Wildman–Crippen LogP) is 1.48. The molecule has 90 valence electrons. The third-order valence-corrected chi connectivity index (χ3v) is 2.83. The Balaban J connectivity index is 2.21. The third kappa shape index (κ3) is 2.08. The monoisotopic (exact) mass is 234 g/mol. The molecule has 1 aliphatic heterocycles. The van der Waals surface area contributed by atoms with Crippen molar-refractivity contribution in [3.05, 3.63) is 24.3 Å². The highest BCUT2D eigenvalue weighted by Crippen LogP contribution is 2.22. The summed E-state index contributed by atoms with van der Waals surface area (Å²) in [5.41, 5.74) is 0.773. The van der Waals surface area contributed by atoms with Gasteiger partial charge in [-0.3, -0.25) is 14.6 Å². The lowest BCUT2D eigenvalue weighted by molar-refractivity contribution is -0.127. The molecule has 1 aromatic rings. The smallest absolute Gasteiger partial charge is 0.330 e. The first-order chi connectivity index (χ1) is 8.13. The maximum absolute atomic E-state index is 11.9. The van der Waals surface area contributed by atoms with Gasteiger partial charge in [0.25, 0.3) is 0 Å². The zero-order chi connectivity index (χ0) is 12.4. The van der Waals surface area contributed by atoms with Crippen LogP contribution in [0.2, 0.25) is 0 Å². The van der Waals surface area contributed by atoms with Gasteiger partial charge in [0.05, 0.1) is 7.11 Å². The minimum absolute atomic E-state index is 0.139. The molecule has 1 aromatic carbocycles. The molecule has 0 spiro atoms. The Morgan fingerprint density at radius 1 is 1.18 bits per heavy atom. The summed E-state index contributed by atoms with van der Waals surface area (Å²) in [6.07, 6.45) is 0.355. The van der Waals surface area contributed by atoms with Crippen LogP contribution < -0.4 is 9.64 Å². The number of carbonyl (C=O) groups is 2. The van der Waals surface area contributed by atoms with E-state index in [1.807, 2.05) is 0 Å². The molecule has 0 aromatic heterocycles. The molecule has 0 aliphatic carbocycles. The number of rotatable bonds is 2. The number of nitrogens with zero attached hydrogens (tertiary/aromatic N) is 2. The van der Waals surface area contributed by atoms with Crippen LogP contribution >= 0.6 is 0 Å². The number of urea groups is 1. The van der Waals surface area contributed by atoms with Crippen molar-refractivity contribution in [1.29, 1.82) is 0 Å². The summed E-state index contributed by atoms with van der Waals surface area (Å²) < 4.78 is 5.05. The lowest BCUT2D eigenvalue weighted by atomic mass is 10.2. The number of hydrogen-bond donors (Lipinski definition) is 0. The van der Waals surface area contributed by atoms with Crippen molar-refractivity contribution < 1.29 is 14.3 Å². The Morgan fingerprint density at radius 2 is 1.82 bits per heavy atom. The van der Waals surface area contributed by atoms with Crippen molar-refractivity contribution >= 4 is 17.6 Å². The number of methoxy groups -OCH3 is 1. The van der Waals surface area contributed by atoms with Gasteiger partial charge < -0.3 is 4.74 Å². The maximum Gasteiger partial charge on any atom is 0.330 e. The number of amides is 3. The molecule has 2 rings (SSSR count). The Hall–Kier alpha value is -2.04. The molecule has 0 unspecified atom stereocenters. The average molecular weight is 234 g/mol. The van der Waals surface area contributed by atoms with Gasteiger partial charge in [0.15, 0.2) is 0 Å². The van der Waals surface area contributed by atoms with Gasteiger partial charge in [0.2, 0.25) is 5.91 Å². The van der Waals surface area contributed by atoms with Gasteiger partial charge in [-0.25, -0.2) is 4.79 Å². The molecule has 0 saturated carbocycles. The maximum atomic E-state index is 11.9. The molecule has 1 heterocycles. The largest absolute Gasteiger partial charge is 0.497 e. The van der Waals surface area contributed by atoms with Crippen molar-refractivity contribution in [2.75, 3.05) is 25.6 Å². The minimum Gasteiger partial charge on any atom is -0.497 e. The van der Waals surface area contributed by atoms with Crippen molar-refractivity contribution in [2.45, 2.75) is 6.42 Å². The first-order valence-corrected chi connectivity index (χ1v) is 5.35. The fourth-order valence-electron chi connectivity index (χ4n) is 1.76. The predicted molar refractivity (Wildman–Crippen MR) is 63.1 cm³/mol. The molecule has 0 bridgehead atoms. The number of imide groups is 1. The van der Waals surface area contributed by atoms with E-state index in [2.05, 4.69) is 0 Å². The number of benzene rings is 1. The molecule has 3 amide bonds. The van der Waals surface area contributed by atoms with Gasteiger partial charge >= 0.3 is 6.03 Å². The van der Waals surface area contributed by atoms with E-state index in [1.165, 1.54) is 7.05 Å². The van der Waals surface area contributed by atoms with E-state index in [1.54, 1.807) is 36.3 Å². The van der Waals surface area contributed by atoms with Crippen LogP contribution in [-0.2, 0) is 4.79 Å². The summed E-state index contributed by atoms with van der Waals surface area (Å²) in [5.74, 6) is 0.599. The number of carbonyl (C=O) groups excluding carboxylic acids is 2. The van der Waals surface area contributed by atoms with E-state index < -0.39 is 0 Å². The van der Waals surface area contributed by atoms with Crippen LogP contribution in [0.4, 0.5) is 10.5 Å². The van der Waals surface area contributed by atoms with Crippen LogP contribution in [0.5, 0.6) is 5.75 Å². The Labute approximate surface area is 99.6 Å². The van der Waals surface area contributed by atoms with Gasteiger partial charge in [-0.2, -0.15) is 0 Å². The third-order valence-electron chi connectivity index (χ3n) is 2.83. The molecule has 1 aliphatic rings. The molecular weight excluding hydrogens is 220 g/mol. The van der Waals surface area contributed by atoms with Crippen molar-refractivity contribution in [3.8, 4) is 5.75 Å². The Bertz CT molecular complexity index is 442. The molecule has 5 heteroatoms. The van der Waals surface area contributed by atoms with Crippen LogP contribution in [-0.4, -0.2) is 37.5 Å². The fourth-order valence-corrected chi connectivity index (χ4v) is 1.76. The van der Waals surface area contributed by atoms with Crippen LogP contribution in [0.15, 0.2) is 24.3 Å². The normalized spacial score (nSPS) is 16.4. The van der Waals surface area contributed by atoms with Gasteiger partial charge in [0.1, 0.15) is 5.75 Å². The van der Waals surface area contributed by atoms with E-state index in [-0.39, 0.29) is 11.9 Å². The van der Waals surface area contributed by atoms with Gasteiger partial charge in [-0.15, -0.1) is 0 Å². The SMILES string of the molecule is COc1ccc(N2CCC(=O)N(C)C2=O)cc1. The van der Waals surface area contributed by atoms with E-state index >= 15 is 0 Å². The highest BCUT2D eigenvalue weighted by atomic mass is 16.5. The summed E-state index contributed by atoms with van der Waals surface area (Å²) >= 11 is 0. The zero-order valence-corrected chi connectivity index (χ0v) is 9.84. The van der Waals surface area contributed by atoms with E-state index in [0.29, 0.717) is 13.0 Å². The first kappa shape index (κ1) is 11.4. The van der Waals surface area contributed by atoms with Crippen LogP contribution in [0.25, 0.3) is 0 Å². The van der Waals surface area contributed by atoms with Gasteiger partial charge in [-0.1, -0.05) is 0 Å². The second-order valence-corrected chi connectivity index (χ2v) is 3.83. The molecule has 1 saturated heterocycles. The summed E-state index contributed by atoms with van der Waals surface area (Å²) in [7, 11) is 3.09. The lowest BCUT2D eigenvalue weighted by Gasteiger charge is -2.31. The first-order valence-electron chi connectivity index (χ1n) is 5.35. The van der Waals surface area contributed by atoms with Gasteiger partial charge in [-0.05, 0) is 24.3 Å². The standard InChI is InChI=1S/C12H14N2O3/c1-13-11(15)7-8-14(12(13)16)9-3-5-10(17-2)6-4-9/h3-6H,7-8H2,1-2H3. The number of hydrogen-bond acceptors (Lipinski definition) is 3. The van der Waals surface area contributed by atoms with Gasteiger partial charge in [0, 0.05) is 25.7 Å². The lowest BCUT2D eigenvalue weighted by Crippen LogP contribution is -2.50. The fraction of sp³-hybridized carbons (Fsp3) is 0.333. The van der Waals surface area contributed by atoms with Crippen molar-refractivity contribution in [3.63, 3.8) is 0 Å². The molecule has 1 fully saturated rings. The zero-order valence-electron chi connectivity index (χ0n) is 9.84. The van der Waals surface area contributed by atoms with E-state index in [9.17, 15) is 9.59 Å². The van der Waals surface area contributed by atoms with Crippen LogP contribution in [0.1, 0.15) is 6.42 Å². The summed E-state index contributed by atoms with van der Waals surface area (Å²) in [6, 6.07) is 6.91. The van der Waals surface area contributed by atoms with Crippen LogP contribution in [0, 0.1) is 0 Å². The van der Waals surface area contributed by atoms with Crippen molar-refractivity contribution in [2.24, 2.45) is 0 Å². The summed E-state index contributed by atoms with van der Waals surface area (Å²) in [5, 5.41) is 0. The average Bonchev–Trinajstić information content (AvgIpc) is 2.36. The second kappa shape index (κ2) is 4.45. The summed E-state index contributed by atoms with van der Waals surface area (Å²) in [6.45, 7) is 0.425. The molecular formula is C12H14N2O3. The second-order valence-electron chi connectivity index (χ2n) is 3.83. The Morgan fingerprint density at radius 3 is 2.41 bits per heavy atom. The van der Waals surface area contributed by atoms with Crippen molar-refractivity contribution in [1.82, 2.24) is 4.90 Å². The molecule has 0 N–H and O–H groups in total. The number of ether oxygens (including phenoxy) is 1. The van der Waals surface area contributed by atoms with Crippen LogP contribution in [0.3, 0.4) is 0 Å². The highest BCUT2D eigenvalue weighted by molar-refractivity contribution is 6.05. The topological polar surface area (TPSA) is 49.9 Å². The highest BCUT2D eigenvalue weighted by Gasteiger charge is 2.29. The quantitative estimate of drug-likeness (QED) is 0.778. The summed E-state index contributed by atoms with van der Waals surface area (Å²) in [4.78, 5) is 26.0.